The van der Waals surface area contributed by atoms with E-state index in [1.165, 1.54) is 0 Å². The fourth-order valence-electron chi connectivity index (χ4n) is 1.47. The van der Waals surface area contributed by atoms with Crippen LogP contribution in [0.25, 0.3) is 0 Å². The highest BCUT2D eigenvalue weighted by atomic mass is 35.5. The highest BCUT2D eigenvalue weighted by Crippen LogP contribution is 2.40. The minimum absolute atomic E-state index is 0.566. The van der Waals surface area contributed by atoms with Crippen molar-refractivity contribution >= 4 is 23.2 Å². The van der Waals surface area contributed by atoms with Crippen molar-refractivity contribution in [3.63, 3.8) is 0 Å². The van der Waals surface area contributed by atoms with Gasteiger partial charge in [-0.1, -0.05) is 30.1 Å². The topological polar surface area (TPSA) is 18.5 Å². The molecule has 0 N–H and O–H groups in total. The van der Waals surface area contributed by atoms with Gasteiger partial charge >= 0.3 is 0 Å². The van der Waals surface area contributed by atoms with Gasteiger partial charge < -0.3 is 9.47 Å². The van der Waals surface area contributed by atoms with Crippen molar-refractivity contribution in [3.8, 4) is 11.5 Å². The van der Waals surface area contributed by atoms with E-state index in [1.54, 1.807) is 6.07 Å². The molecule has 0 spiro atoms. The summed E-state index contributed by atoms with van der Waals surface area (Å²) in [5, 5.41) is 1.16. The first-order valence-corrected chi connectivity index (χ1v) is 6.17. The lowest BCUT2D eigenvalue weighted by molar-refractivity contribution is 0.323. The molecule has 0 saturated carbocycles. The summed E-state index contributed by atoms with van der Waals surface area (Å²) >= 11 is 12.4. The molecular weight excluding hydrogens is 247 g/mol. The van der Waals surface area contributed by atoms with Gasteiger partial charge in [-0.15, -0.1) is 0 Å². The predicted octanol–water partition coefficient (Wildman–Crippen LogP) is 4.35. The number of rotatable bonds is 5. The Kier molecular flexibility index (Phi) is 5.23. The van der Waals surface area contributed by atoms with Crippen LogP contribution in [0.5, 0.6) is 11.5 Å². The van der Waals surface area contributed by atoms with Crippen LogP contribution >= 0.6 is 23.2 Å². The van der Waals surface area contributed by atoms with Gasteiger partial charge in [-0.3, -0.25) is 0 Å². The van der Waals surface area contributed by atoms with E-state index in [0.29, 0.717) is 34.8 Å². The van der Waals surface area contributed by atoms with Gasteiger partial charge in [0.05, 0.1) is 23.3 Å². The summed E-state index contributed by atoms with van der Waals surface area (Å²) in [5.41, 5.74) is 0.873. The SMILES string of the molecule is CCOc1cc(OCC)c(Cl)c(CC)c1Cl. The maximum Gasteiger partial charge on any atom is 0.141 e. The van der Waals surface area contributed by atoms with Crippen molar-refractivity contribution in [2.45, 2.75) is 27.2 Å². The Morgan fingerprint density at radius 2 is 1.38 bits per heavy atom. The zero-order valence-corrected chi connectivity index (χ0v) is 11.3. The molecule has 0 aliphatic rings. The van der Waals surface area contributed by atoms with Gasteiger partial charge in [0, 0.05) is 6.07 Å². The third-order valence-corrected chi connectivity index (χ3v) is 3.01. The second kappa shape index (κ2) is 6.21. The van der Waals surface area contributed by atoms with Crippen LogP contribution < -0.4 is 9.47 Å². The van der Waals surface area contributed by atoms with E-state index < -0.39 is 0 Å². The molecule has 0 unspecified atom stereocenters. The van der Waals surface area contributed by atoms with Gasteiger partial charge in [-0.05, 0) is 25.8 Å². The number of ether oxygens (including phenoxy) is 2. The van der Waals surface area contributed by atoms with Crippen LogP contribution in [0, 0.1) is 0 Å². The Morgan fingerprint density at radius 1 is 0.938 bits per heavy atom. The van der Waals surface area contributed by atoms with Gasteiger partial charge in [-0.25, -0.2) is 0 Å². The standard InChI is InChI=1S/C12H16Cl2O2/c1-4-8-11(13)9(15-5-2)7-10(12(8)14)16-6-3/h7H,4-6H2,1-3H3. The monoisotopic (exact) mass is 262 g/mol. The van der Waals surface area contributed by atoms with E-state index in [-0.39, 0.29) is 0 Å². The van der Waals surface area contributed by atoms with Crippen LogP contribution in [0.2, 0.25) is 10.0 Å². The smallest absolute Gasteiger partial charge is 0.141 e. The number of benzene rings is 1. The van der Waals surface area contributed by atoms with Crippen LogP contribution in [-0.2, 0) is 6.42 Å². The number of hydrogen-bond donors (Lipinski definition) is 0. The average molecular weight is 263 g/mol. The van der Waals surface area contributed by atoms with Crippen LogP contribution in [0.4, 0.5) is 0 Å². The minimum atomic E-state index is 0.566. The van der Waals surface area contributed by atoms with Crippen molar-refractivity contribution in [2.75, 3.05) is 13.2 Å². The van der Waals surface area contributed by atoms with Crippen LogP contribution in [0.1, 0.15) is 26.3 Å². The summed E-state index contributed by atoms with van der Waals surface area (Å²) in [4.78, 5) is 0. The Labute approximate surface area is 106 Å². The first-order chi connectivity index (χ1) is 7.65. The minimum Gasteiger partial charge on any atom is -0.492 e. The molecule has 0 aliphatic carbocycles. The second-order valence-corrected chi connectivity index (χ2v) is 3.95. The van der Waals surface area contributed by atoms with E-state index in [2.05, 4.69) is 0 Å². The summed E-state index contributed by atoms with van der Waals surface area (Å²) in [6.07, 6.45) is 0.749. The molecule has 1 rings (SSSR count). The Hall–Kier alpha value is -0.600. The summed E-state index contributed by atoms with van der Waals surface area (Å²) < 4.78 is 10.9. The molecule has 0 amide bonds. The molecule has 0 aromatic heterocycles. The Bertz CT molecular complexity index is 334. The largest absolute Gasteiger partial charge is 0.492 e. The van der Waals surface area contributed by atoms with Crippen molar-refractivity contribution in [1.29, 1.82) is 0 Å². The maximum absolute atomic E-state index is 6.20. The van der Waals surface area contributed by atoms with E-state index in [9.17, 15) is 0 Å². The molecular formula is C12H16Cl2O2. The van der Waals surface area contributed by atoms with Crippen LogP contribution in [0.3, 0.4) is 0 Å². The predicted molar refractivity (Wildman–Crippen MR) is 68.2 cm³/mol. The fourth-order valence-corrected chi connectivity index (χ4v) is 2.19. The first kappa shape index (κ1) is 13.5. The Balaban J connectivity index is 3.25. The van der Waals surface area contributed by atoms with E-state index in [1.807, 2.05) is 20.8 Å². The van der Waals surface area contributed by atoms with Crippen molar-refractivity contribution in [2.24, 2.45) is 0 Å². The normalized spacial score (nSPS) is 10.3. The molecule has 0 bridgehead atoms. The van der Waals surface area contributed by atoms with Crippen molar-refractivity contribution in [1.82, 2.24) is 0 Å². The zero-order valence-electron chi connectivity index (χ0n) is 9.77. The van der Waals surface area contributed by atoms with Crippen molar-refractivity contribution in [3.05, 3.63) is 21.7 Å². The molecule has 16 heavy (non-hydrogen) atoms. The summed E-state index contributed by atoms with van der Waals surface area (Å²) in [6, 6.07) is 1.75. The van der Waals surface area contributed by atoms with Gasteiger partial charge in [-0.2, -0.15) is 0 Å². The molecule has 0 fully saturated rings. The highest BCUT2D eigenvalue weighted by Gasteiger charge is 2.15. The average Bonchev–Trinajstić information content (AvgIpc) is 2.26. The first-order valence-electron chi connectivity index (χ1n) is 5.42. The summed E-state index contributed by atoms with van der Waals surface area (Å²) in [5.74, 6) is 1.27. The molecule has 4 heteroatoms. The van der Waals surface area contributed by atoms with Crippen LogP contribution in [0.15, 0.2) is 6.07 Å². The van der Waals surface area contributed by atoms with Gasteiger partial charge in [0.1, 0.15) is 11.5 Å². The fraction of sp³-hybridized carbons (Fsp3) is 0.500. The van der Waals surface area contributed by atoms with Gasteiger partial charge in [0.25, 0.3) is 0 Å². The Morgan fingerprint density at radius 3 is 1.69 bits per heavy atom. The zero-order chi connectivity index (χ0) is 12.1. The lowest BCUT2D eigenvalue weighted by Gasteiger charge is -2.15. The molecule has 0 radical (unpaired) electrons. The molecule has 1 aromatic rings. The number of halogens is 2. The maximum atomic E-state index is 6.20. The second-order valence-electron chi connectivity index (χ2n) is 3.20. The lowest BCUT2D eigenvalue weighted by atomic mass is 10.1. The lowest BCUT2D eigenvalue weighted by Crippen LogP contribution is -1.99. The van der Waals surface area contributed by atoms with E-state index in [4.69, 9.17) is 32.7 Å². The van der Waals surface area contributed by atoms with E-state index in [0.717, 1.165) is 12.0 Å². The molecule has 0 atom stereocenters. The molecule has 0 saturated heterocycles. The summed E-state index contributed by atoms with van der Waals surface area (Å²) in [7, 11) is 0. The number of hydrogen-bond acceptors (Lipinski definition) is 2. The molecule has 0 heterocycles. The van der Waals surface area contributed by atoms with Gasteiger partial charge in [0.15, 0.2) is 0 Å². The molecule has 90 valence electrons. The quantitative estimate of drug-likeness (QED) is 0.786. The molecule has 2 nitrogen and oxygen atoms in total. The molecule has 0 aliphatic heterocycles. The van der Waals surface area contributed by atoms with Crippen molar-refractivity contribution < 1.29 is 9.47 Å². The summed E-state index contributed by atoms with van der Waals surface area (Å²) in [6.45, 7) is 6.96. The third kappa shape index (κ3) is 2.74. The molecule has 1 aromatic carbocycles. The van der Waals surface area contributed by atoms with E-state index >= 15 is 0 Å². The van der Waals surface area contributed by atoms with Crippen LogP contribution in [-0.4, -0.2) is 13.2 Å². The highest BCUT2D eigenvalue weighted by molar-refractivity contribution is 6.37. The van der Waals surface area contributed by atoms with Gasteiger partial charge in [0.2, 0.25) is 0 Å². The third-order valence-electron chi connectivity index (χ3n) is 2.18.